The van der Waals surface area contributed by atoms with Crippen LogP contribution in [0.2, 0.25) is 0 Å². The Morgan fingerprint density at radius 3 is 2.34 bits per heavy atom. The zero-order chi connectivity index (χ0) is 23.7. The summed E-state index contributed by atoms with van der Waals surface area (Å²) in [5, 5.41) is 2.77. The number of carbonyl (C=O) groups is 2. The molecule has 0 bridgehead atoms. The fourth-order valence-electron chi connectivity index (χ4n) is 3.51. The molecule has 2 aromatic rings. The lowest BCUT2D eigenvalue weighted by Crippen LogP contribution is -2.47. The monoisotopic (exact) mass is 459 g/mol. The van der Waals surface area contributed by atoms with E-state index in [0.29, 0.717) is 25.2 Å². The number of nitrogens with zero attached hydrogens (tertiary/aromatic N) is 2. The summed E-state index contributed by atoms with van der Waals surface area (Å²) in [6.07, 6.45) is 1.63. The Kier molecular flexibility index (Phi) is 9.26. The molecule has 0 unspecified atom stereocenters. The van der Waals surface area contributed by atoms with Crippen LogP contribution >= 0.6 is 0 Å². The van der Waals surface area contributed by atoms with Crippen LogP contribution in [0.25, 0.3) is 0 Å². The number of rotatable bonds is 11. The van der Waals surface area contributed by atoms with Gasteiger partial charge in [-0.05, 0) is 44.9 Å². The van der Waals surface area contributed by atoms with Crippen LogP contribution in [0.4, 0.5) is 5.69 Å². The van der Waals surface area contributed by atoms with Crippen LogP contribution in [0.3, 0.4) is 0 Å². The van der Waals surface area contributed by atoms with Crippen molar-refractivity contribution < 1.29 is 18.0 Å². The summed E-state index contributed by atoms with van der Waals surface area (Å²) in [5.74, 6) is -0.401. The first kappa shape index (κ1) is 25.4. The van der Waals surface area contributed by atoms with Crippen molar-refractivity contribution >= 4 is 27.5 Å². The van der Waals surface area contributed by atoms with Crippen molar-refractivity contribution in [1.29, 1.82) is 0 Å². The molecule has 0 fully saturated rings. The molecule has 0 spiro atoms. The Labute approximate surface area is 191 Å². The van der Waals surface area contributed by atoms with Crippen molar-refractivity contribution in [2.45, 2.75) is 46.2 Å². The number of amides is 2. The fraction of sp³-hybridized carbons (Fsp3) is 0.417. The van der Waals surface area contributed by atoms with Crippen LogP contribution in [0.1, 0.15) is 37.8 Å². The van der Waals surface area contributed by atoms with E-state index in [1.54, 1.807) is 36.1 Å². The third-order valence-electron chi connectivity index (χ3n) is 5.15. The average molecular weight is 460 g/mol. The highest BCUT2D eigenvalue weighted by Gasteiger charge is 2.26. The van der Waals surface area contributed by atoms with E-state index in [2.05, 4.69) is 5.32 Å². The minimum absolute atomic E-state index is 0.133. The first-order chi connectivity index (χ1) is 15.1. The number of hydrogen-bond donors (Lipinski definition) is 1. The van der Waals surface area contributed by atoms with Crippen molar-refractivity contribution in [3.05, 3.63) is 65.7 Å². The molecule has 0 heterocycles. The summed E-state index contributed by atoms with van der Waals surface area (Å²) in [5.41, 5.74) is 2.58. The summed E-state index contributed by atoms with van der Waals surface area (Å²) >= 11 is 0. The first-order valence-electron chi connectivity index (χ1n) is 10.8. The molecule has 0 aliphatic rings. The van der Waals surface area contributed by atoms with Gasteiger partial charge in [-0.2, -0.15) is 0 Å². The minimum Gasteiger partial charge on any atom is -0.355 e. The van der Waals surface area contributed by atoms with E-state index in [1.165, 1.54) is 4.31 Å². The number of carbonyl (C=O) groups excluding carboxylic acids is 2. The minimum atomic E-state index is -3.48. The van der Waals surface area contributed by atoms with Crippen LogP contribution in [0, 0.1) is 6.92 Å². The van der Waals surface area contributed by atoms with Crippen LogP contribution in [-0.4, -0.2) is 50.5 Å². The lowest BCUT2D eigenvalue weighted by atomic mass is 10.1. The number of anilines is 1. The number of aryl methyl sites for hydroxylation is 1. The summed E-state index contributed by atoms with van der Waals surface area (Å²) in [6.45, 7) is 6.50. The average Bonchev–Trinajstić information content (AvgIpc) is 2.74. The molecular formula is C24H33N3O4S. The van der Waals surface area contributed by atoms with Crippen LogP contribution < -0.4 is 9.62 Å². The van der Waals surface area contributed by atoms with Gasteiger partial charge in [-0.25, -0.2) is 8.42 Å². The van der Waals surface area contributed by atoms with E-state index in [0.717, 1.165) is 17.4 Å². The molecule has 2 rings (SSSR count). The van der Waals surface area contributed by atoms with E-state index in [4.69, 9.17) is 0 Å². The van der Waals surface area contributed by atoms with Gasteiger partial charge in [0.2, 0.25) is 21.8 Å². The molecule has 0 aliphatic carbocycles. The van der Waals surface area contributed by atoms with Crippen molar-refractivity contribution in [3.63, 3.8) is 0 Å². The van der Waals surface area contributed by atoms with Gasteiger partial charge < -0.3 is 10.2 Å². The topological polar surface area (TPSA) is 86.8 Å². The fourth-order valence-corrected chi connectivity index (χ4v) is 4.48. The van der Waals surface area contributed by atoms with E-state index in [9.17, 15) is 18.0 Å². The largest absolute Gasteiger partial charge is 0.355 e. The summed E-state index contributed by atoms with van der Waals surface area (Å²) in [7, 11) is -3.48. The quantitative estimate of drug-likeness (QED) is 0.559. The first-order valence-corrected chi connectivity index (χ1v) is 12.6. The van der Waals surface area contributed by atoms with Crippen LogP contribution in [0.5, 0.6) is 0 Å². The third kappa shape index (κ3) is 7.37. The number of hydrogen-bond acceptors (Lipinski definition) is 4. The summed E-state index contributed by atoms with van der Waals surface area (Å²) in [6, 6.07) is 16.0. The van der Waals surface area contributed by atoms with Gasteiger partial charge in [-0.3, -0.25) is 13.9 Å². The van der Waals surface area contributed by atoms with Gasteiger partial charge in [0.25, 0.3) is 0 Å². The van der Waals surface area contributed by atoms with E-state index in [-0.39, 0.29) is 24.8 Å². The summed E-state index contributed by atoms with van der Waals surface area (Å²) in [4.78, 5) is 27.1. The molecule has 1 atom stereocenters. The van der Waals surface area contributed by atoms with Crippen LogP contribution in [0.15, 0.2) is 54.6 Å². The third-order valence-corrected chi connectivity index (χ3v) is 6.34. The van der Waals surface area contributed by atoms with Gasteiger partial charge >= 0.3 is 0 Å². The van der Waals surface area contributed by atoms with Crippen molar-refractivity contribution in [2.75, 3.05) is 23.7 Å². The van der Waals surface area contributed by atoms with Gasteiger partial charge in [0.15, 0.2) is 0 Å². The molecule has 8 heteroatoms. The zero-order valence-electron chi connectivity index (χ0n) is 19.2. The van der Waals surface area contributed by atoms with Gasteiger partial charge in [0.05, 0.1) is 11.9 Å². The normalized spacial score (nSPS) is 12.1. The SMILES string of the molecule is CCNC(=O)[C@H](C)N(Cc1cccc(C)c1)C(=O)CCCN(c1ccccc1)S(C)(=O)=O. The van der Waals surface area contributed by atoms with Crippen molar-refractivity contribution in [2.24, 2.45) is 0 Å². The Morgan fingerprint density at radius 2 is 1.75 bits per heavy atom. The van der Waals surface area contributed by atoms with Gasteiger partial charge in [0.1, 0.15) is 6.04 Å². The van der Waals surface area contributed by atoms with Gasteiger partial charge in [-0.1, -0.05) is 48.0 Å². The molecule has 32 heavy (non-hydrogen) atoms. The maximum absolute atomic E-state index is 13.1. The predicted molar refractivity (Wildman–Crippen MR) is 128 cm³/mol. The molecule has 7 nitrogen and oxygen atoms in total. The standard InChI is InChI=1S/C24H33N3O4S/c1-5-25-24(29)20(3)26(18-21-12-9-11-19(2)17-21)23(28)15-10-16-27(32(4,30)31)22-13-7-6-8-14-22/h6-9,11-14,17,20H,5,10,15-16,18H2,1-4H3,(H,25,29)/t20-/m0/s1. The Bertz CT molecular complexity index is 1010. The molecule has 0 saturated heterocycles. The van der Waals surface area contributed by atoms with Gasteiger partial charge in [-0.15, -0.1) is 0 Å². The number of likely N-dealkylation sites (N-methyl/N-ethyl adjacent to an activating group) is 1. The van der Waals surface area contributed by atoms with Crippen molar-refractivity contribution in [3.8, 4) is 0 Å². The van der Waals surface area contributed by atoms with E-state index < -0.39 is 16.1 Å². The molecular weight excluding hydrogens is 426 g/mol. The summed E-state index contributed by atoms with van der Waals surface area (Å²) < 4.78 is 25.8. The highest BCUT2D eigenvalue weighted by atomic mass is 32.2. The zero-order valence-corrected chi connectivity index (χ0v) is 20.1. The Balaban J connectivity index is 2.13. The highest BCUT2D eigenvalue weighted by Crippen LogP contribution is 2.18. The highest BCUT2D eigenvalue weighted by molar-refractivity contribution is 7.92. The second kappa shape index (κ2) is 11.7. The Hall–Kier alpha value is -2.87. The lowest BCUT2D eigenvalue weighted by molar-refractivity contribution is -0.140. The predicted octanol–water partition coefficient (Wildman–Crippen LogP) is 3.09. The number of sulfonamides is 1. The molecule has 0 saturated carbocycles. The van der Waals surface area contributed by atoms with Crippen molar-refractivity contribution in [1.82, 2.24) is 10.2 Å². The number of benzene rings is 2. The molecule has 1 N–H and O–H groups in total. The van der Waals surface area contributed by atoms with E-state index >= 15 is 0 Å². The smallest absolute Gasteiger partial charge is 0.242 e. The Morgan fingerprint density at radius 1 is 1.06 bits per heavy atom. The maximum Gasteiger partial charge on any atom is 0.242 e. The van der Waals surface area contributed by atoms with Crippen LogP contribution in [-0.2, 0) is 26.2 Å². The number of nitrogens with one attached hydrogen (secondary N) is 1. The second-order valence-electron chi connectivity index (χ2n) is 7.86. The van der Waals surface area contributed by atoms with Gasteiger partial charge in [0, 0.05) is 26.1 Å². The van der Waals surface area contributed by atoms with E-state index in [1.807, 2.05) is 44.2 Å². The molecule has 0 radical (unpaired) electrons. The lowest BCUT2D eigenvalue weighted by Gasteiger charge is -2.29. The number of para-hydroxylation sites is 1. The molecule has 2 amide bonds. The second-order valence-corrected chi connectivity index (χ2v) is 9.76. The molecule has 0 aromatic heterocycles. The molecule has 0 aliphatic heterocycles. The maximum atomic E-state index is 13.1. The molecule has 174 valence electrons. The molecule has 2 aromatic carbocycles.